The summed E-state index contributed by atoms with van der Waals surface area (Å²) in [5.74, 6) is -1.71. The minimum atomic E-state index is -4.57. The Labute approximate surface area is 327 Å². The van der Waals surface area contributed by atoms with Crippen molar-refractivity contribution in [3.63, 3.8) is 0 Å². The van der Waals surface area contributed by atoms with E-state index in [2.05, 4.69) is 40.8 Å². The van der Waals surface area contributed by atoms with Gasteiger partial charge in [0.15, 0.2) is 23.2 Å². The monoisotopic (exact) mass is 888 g/mol. The first kappa shape index (κ1) is 40.9. The van der Waals surface area contributed by atoms with E-state index in [4.69, 9.17) is 35.9 Å². The number of halogens is 3. The molecule has 3 heterocycles. The SMILES string of the molecule is CN(NS(C)(=O)=O)c1nc(N)nc2c1ncn2C1OC(COP(=O)(NC2(C(=O)OCc3c(F)cccc3Cl)CCC2)Oc2ccc(Br)cc2)[C@@H](O)[C@@]1(C)C=O. The summed E-state index contributed by atoms with van der Waals surface area (Å²) in [4.78, 5) is 41.1. The summed E-state index contributed by atoms with van der Waals surface area (Å²) in [6.45, 7) is 0.293. The van der Waals surface area contributed by atoms with Crippen LogP contribution in [0.1, 0.15) is 38.0 Å². The maximum absolute atomic E-state index is 14.6. The minimum Gasteiger partial charge on any atom is -0.459 e. The Balaban J connectivity index is 1.26. The zero-order chi connectivity index (χ0) is 39.9. The second-order valence-corrected chi connectivity index (χ2v) is 18.0. The summed E-state index contributed by atoms with van der Waals surface area (Å²) in [5.41, 5.74) is 2.79. The number of ether oxygens (including phenoxy) is 2. The number of nitrogens with one attached hydrogen (secondary N) is 2. The number of aldehydes is 1. The van der Waals surface area contributed by atoms with Crippen LogP contribution in [0.3, 0.4) is 0 Å². The Morgan fingerprint density at radius 3 is 2.60 bits per heavy atom. The van der Waals surface area contributed by atoms with E-state index < -0.39 is 72.2 Å². The maximum atomic E-state index is 14.6. The Hall–Kier alpha value is -3.79. The third-order valence-electron chi connectivity index (χ3n) is 9.18. The minimum absolute atomic E-state index is 0.0181. The number of aromatic nitrogens is 4. The smallest absolute Gasteiger partial charge is 0.459 e. The quantitative estimate of drug-likeness (QED) is 0.0575. The maximum Gasteiger partial charge on any atom is 0.459 e. The van der Waals surface area contributed by atoms with Crippen molar-refractivity contribution in [3.05, 3.63) is 69.7 Å². The molecule has 296 valence electrons. The van der Waals surface area contributed by atoms with Crippen LogP contribution in [0.15, 0.2) is 53.3 Å². The largest absolute Gasteiger partial charge is 0.459 e. The standard InChI is InChI=1S/C32H36BrClFN8O10PS/c1-31(16-44)25(45)23(52-28(31)43-17-37-24-26(38-30(36)39-27(24)43)42(2)41-55(3,48)49)15-51-54(47,53-19-10-8-18(33)9-11-19)40-32(12-5-13-32)29(46)50-14-20-21(34)6-4-7-22(20)35/h4,6-11,16-17,23,25,28,41,45H,5,12-15H2,1-3H3,(H,40,47)(H2,36,38,39)/t23?,25-,28?,31-,54?/m1/s1. The number of imidazole rings is 1. The highest BCUT2D eigenvalue weighted by molar-refractivity contribution is 9.10. The number of hydrogen-bond acceptors (Lipinski definition) is 15. The molecule has 6 rings (SSSR count). The van der Waals surface area contributed by atoms with E-state index in [0.717, 1.165) is 11.3 Å². The van der Waals surface area contributed by atoms with E-state index in [1.54, 1.807) is 12.1 Å². The van der Waals surface area contributed by atoms with E-state index in [9.17, 15) is 32.1 Å². The molecule has 1 aliphatic carbocycles. The molecule has 0 radical (unpaired) electrons. The van der Waals surface area contributed by atoms with Gasteiger partial charge in [0.25, 0.3) is 0 Å². The third kappa shape index (κ3) is 8.49. The van der Waals surface area contributed by atoms with E-state index in [-0.39, 0.29) is 52.1 Å². The zero-order valence-electron chi connectivity index (χ0n) is 29.4. The number of fused-ring (bicyclic) bond motifs is 1. The van der Waals surface area contributed by atoms with E-state index >= 15 is 0 Å². The average molecular weight is 890 g/mol. The van der Waals surface area contributed by atoms with Gasteiger partial charge in [0.05, 0.1) is 35.7 Å². The Morgan fingerprint density at radius 1 is 1.27 bits per heavy atom. The summed E-state index contributed by atoms with van der Waals surface area (Å²) in [5, 5.41) is 15.4. The molecule has 2 aromatic carbocycles. The van der Waals surface area contributed by atoms with Gasteiger partial charge in [0.2, 0.25) is 16.0 Å². The van der Waals surface area contributed by atoms with Crippen LogP contribution >= 0.6 is 35.3 Å². The van der Waals surface area contributed by atoms with Crippen LogP contribution in [0.5, 0.6) is 5.75 Å². The predicted molar refractivity (Wildman–Crippen MR) is 199 cm³/mol. The number of aliphatic hydroxyl groups is 1. The number of nitrogen functional groups attached to an aromatic ring is 1. The van der Waals surface area contributed by atoms with Gasteiger partial charge in [-0.15, -0.1) is 4.83 Å². The highest BCUT2D eigenvalue weighted by Crippen LogP contribution is 2.52. The van der Waals surface area contributed by atoms with Crippen molar-refractivity contribution in [3.8, 4) is 5.75 Å². The summed E-state index contributed by atoms with van der Waals surface area (Å²) >= 11 is 9.45. The number of rotatable bonds is 15. The number of benzene rings is 2. The molecule has 2 fully saturated rings. The molecule has 1 saturated carbocycles. The lowest BCUT2D eigenvalue weighted by molar-refractivity contribution is -0.156. The first-order chi connectivity index (χ1) is 25.9. The number of carbonyl (C=O) groups excluding carboxylic acids is 2. The first-order valence-corrected chi connectivity index (χ1v) is 21.1. The van der Waals surface area contributed by atoms with E-state index in [1.807, 2.05) is 0 Å². The van der Waals surface area contributed by atoms with Crippen molar-refractivity contribution >= 4 is 80.5 Å². The van der Waals surface area contributed by atoms with Gasteiger partial charge in [-0.25, -0.2) is 22.4 Å². The van der Waals surface area contributed by atoms with Crippen LogP contribution in [0.25, 0.3) is 11.2 Å². The molecule has 2 aliphatic rings. The molecule has 0 amide bonds. The molecule has 4 aromatic rings. The van der Waals surface area contributed by atoms with Gasteiger partial charge >= 0.3 is 13.7 Å². The normalized spacial score (nSPS) is 23.1. The molecule has 0 bridgehead atoms. The summed E-state index contributed by atoms with van der Waals surface area (Å²) in [6.07, 6.45) is -0.662. The molecular weight excluding hydrogens is 854 g/mol. The molecule has 23 heteroatoms. The molecule has 5 N–H and O–H groups in total. The molecule has 2 aromatic heterocycles. The molecule has 0 spiro atoms. The first-order valence-electron chi connectivity index (χ1n) is 16.5. The fourth-order valence-corrected chi connectivity index (χ4v) is 8.97. The topological polar surface area (TPSA) is 239 Å². The van der Waals surface area contributed by atoms with Crippen LogP contribution in [0.4, 0.5) is 16.2 Å². The summed E-state index contributed by atoms with van der Waals surface area (Å²) < 4.78 is 78.3. The second kappa shape index (κ2) is 15.6. The number of carbonyl (C=O) groups is 2. The van der Waals surface area contributed by atoms with Gasteiger partial charge in [-0.1, -0.05) is 33.6 Å². The number of sulfonamides is 1. The van der Waals surface area contributed by atoms with Crippen LogP contribution < -0.4 is 25.2 Å². The predicted octanol–water partition coefficient (Wildman–Crippen LogP) is 3.79. The highest BCUT2D eigenvalue weighted by atomic mass is 79.9. The van der Waals surface area contributed by atoms with Crippen LogP contribution in [0, 0.1) is 11.2 Å². The fraction of sp³-hybridized carbons (Fsp3) is 0.406. The van der Waals surface area contributed by atoms with E-state index in [0.29, 0.717) is 17.2 Å². The number of esters is 1. The number of nitrogens with two attached hydrogens (primary N) is 1. The number of nitrogens with zero attached hydrogens (tertiary/aromatic N) is 5. The number of hydrogen-bond donors (Lipinski definition) is 4. The van der Waals surface area contributed by atoms with Crippen molar-refractivity contribution in [1.82, 2.24) is 29.4 Å². The summed E-state index contributed by atoms with van der Waals surface area (Å²) in [7, 11) is -6.93. The lowest BCUT2D eigenvalue weighted by Gasteiger charge is -2.41. The van der Waals surface area contributed by atoms with Gasteiger partial charge in [-0.3, -0.25) is 18.9 Å². The van der Waals surface area contributed by atoms with Crippen molar-refractivity contribution < 1.29 is 50.6 Å². The fourth-order valence-electron chi connectivity index (χ4n) is 6.16. The molecule has 1 aliphatic heterocycles. The van der Waals surface area contributed by atoms with Crippen molar-refractivity contribution in [1.29, 1.82) is 0 Å². The van der Waals surface area contributed by atoms with Gasteiger partial charge in [0, 0.05) is 17.1 Å². The number of hydrazine groups is 1. The molecule has 3 unspecified atom stereocenters. The van der Waals surface area contributed by atoms with Gasteiger partial charge in [-0.05, 0) is 62.6 Å². The number of aliphatic hydroxyl groups excluding tert-OH is 1. The van der Waals surface area contributed by atoms with Gasteiger partial charge in [0.1, 0.15) is 36.1 Å². The zero-order valence-corrected chi connectivity index (χ0v) is 33.4. The Kier molecular flexibility index (Phi) is 11.6. The highest BCUT2D eigenvalue weighted by Gasteiger charge is 2.56. The summed E-state index contributed by atoms with van der Waals surface area (Å²) in [6, 6.07) is 10.3. The lowest BCUT2D eigenvalue weighted by atomic mass is 9.78. The second-order valence-electron chi connectivity index (χ2n) is 13.3. The lowest BCUT2D eigenvalue weighted by Crippen LogP contribution is -2.57. The van der Waals surface area contributed by atoms with Crippen LogP contribution in [-0.4, -0.2) is 83.0 Å². The third-order valence-corrected chi connectivity index (χ3v) is 12.3. The van der Waals surface area contributed by atoms with Crippen molar-refractivity contribution in [2.24, 2.45) is 5.41 Å². The molecule has 55 heavy (non-hydrogen) atoms. The molecule has 1 saturated heterocycles. The van der Waals surface area contributed by atoms with Crippen molar-refractivity contribution in [2.75, 3.05) is 30.7 Å². The Morgan fingerprint density at radius 2 is 1.98 bits per heavy atom. The van der Waals surface area contributed by atoms with Gasteiger partial charge in [-0.2, -0.15) is 15.1 Å². The van der Waals surface area contributed by atoms with Gasteiger partial charge < -0.3 is 29.6 Å². The van der Waals surface area contributed by atoms with Crippen LogP contribution in [0.2, 0.25) is 5.02 Å². The molecular formula is C32H36BrClFN8O10PS. The van der Waals surface area contributed by atoms with Crippen molar-refractivity contribution in [2.45, 2.75) is 56.8 Å². The van der Waals surface area contributed by atoms with E-state index in [1.165, 1.54) is 55.2 Å². The molecule has 5 atom stereocenters. The number of anilines is 2. The van der Waals surface area contributed by atoms with Crippen LogP contribution in [-0.2, 0) is 44.8 Å². The molecule has 18 nitrogen and oxygen atoms in total. The Bertz CT molecular complexity index is 2250. The average Bonchev–Trinajstić information content (AvgIpc) is 3.62.